The maximum absolute atomic E-state index is 13.0. The third kappa shape index (κ3) is 2.24. The van der Waals surface area contributed by atoms with Gasteiger partial charge < -0.3 is 19.3 Å². The molecular formula is C17H22N2O3. The molecule has 2 heterocycles. The van der Waals surface area contributed by atoms with Crippen molar-refractivity contribution in [3.8, 4) is 11.5 Å². The molecule has 1 amide bonds. The highest BCUT2D eigenvalue weighted by Crippen LogP contribution is 2.51. The van der Waals surface area contributed by atoms with Crippen LogP contribution in [0.4, 0.5) is 0 Å². The van der Waals surface area contributed by atoms with E-state index in [1.54, 1.807) is 0 Å². The maximum Gasteiger partial charge on any atom is 0.233 e. The van der Waals surface area contributed by atoms with Gasteiger partial charge >= 0.3 is 0 Å². The van der Waals surface area contributed by atoms with Crippen LogP contribution in [0.3, 0.4) is 0 Å². The predicted octanol–water partition coefficient (Wildman–Crippen LogP) is 1.26. The molecule has 0 bridgehead atoms. The highest BCUT2D eigenvalue weighted by atomic mass is 16.6. The Balaban J connectivity index is 1.57. The summed E-state index contributed by atoms with van der Waals surface area (Å²) >= 11 is 0. The average Bonchev–Trinajstić information content (AvgIpc) is 3.36. The van der Waals surface area contributed by atoms with E-state index in [0.717, 1.165) is 56.1 Å². The molecule has 0 unspecified atom stereocenters. The molecule has 22 heavy (non-hydrogen) atoms. The van der Waals surface area contributed by atoms with Gasteiger partial charge in [-0.2, -0.15) is 0 Å². The summed E-state index contributed by atoms with van der Waals surface area (Å²) in [4.78, 5) is 17.3. The first-order chi connectivity index (χ1) is 10.7. The van der Waals surface area contributed by atoms with Crippen molar-refractivity contribution in [2.24, 2.45) is 0 Å². The molecule has 4 rings (SSSR count). The predicted molar refractivity (Wildman–Crippen MR) is 82.4 cm³/mol. The van der Waals surface area contributed by atoms with Crippen LogP contribution in [-0.4, -0.2) is 62.1 Å². The van der Waals surface area contributed by atoms with Gasteiger partial charge in [-0.25, -0.2) is 0 Å². The Morgan fingerprint density at radius 1 is 1.05 bits per heavy atom. The van der Waals surface area contributed by atoms with Gasteiger partial charge in [-0.15, -0.1) is 0 Å². The summed E-state index contributed by atoms with van der Waals surface area (Å²) in [7, 11) is 2.11. The Labute approximate surface area is 130 Å². The first kappa shape index (κ1) is 13.9. The number of rotatable bonds is 2. The molecule has 5 heteroatoms. The normalized spacial score (nSPS) is 23.2. The quantitative estimate of drug-likeness (QED) is 0.825. The minimum atomic E-state index is -0.314. The fourth-order valence-corrected chi connectivity index (χ4v) is 3.40. The number of fused-ring (bicyclic) bond motifs is 1. The molecule has 2 aliphatic heterocycles. The standard InChI is InChI=1S/C17H22N2O3/c1-18-6-8-19(9-7-18)16(20)17(4-5-17)13-2-3-14-15(12-13)22-11-10-21-14/h2-3,12H,4-11H2,1H3. The molecule has 0 N–H and O–H groups in total. The Hall–Kier alpha value is -1.75. The average molecular weight is 302 g/mol. The highest BCUT2D eigenvalue weighted by Gasteiger charge is 2.53. The zero-order valence-electron chi connectivity index (χ0n) is 13.0. The minimum absolute atomic E-state index is 0.289. The lowest BCUT2D eigenvalue weighted by atomic mass is 9.93. The van der Waals surface area contributed by atoms with E-state index in [0.29, 0.717) is 13.2 Å². The van der Waals surface area contributed by atoms with Gasteiger partial charge in [0.15, 0.2) is 11.5 Å². The van der Waals surface area contributed by atoms with Crippen LogP contribution in [0.1, 0.15) is 18.4 Å². The molecule has 1 saturated carbocycles. The number of carbonyl (C=O) groups excluding carboxylic acids is 1. The van der Waals surface area contributed by atoms with Crippen molar-refractivity contribution in [3.05, 3.63) is 23.8 Å². The van der Waals surface area contributed by atoms with Gasteiger partial charge in [-0.3, -0.25) is 4.79 Å². The van der Waals surface area contributed by atoms with Crippen molar-refractivity contribution in [2.45, 2.75) is 18.3 Å². The number of benzene rings is 1. The van der Waals surface area contributed by atoms with E-state index in [1.807, 2.05) is 23.1 Å². The molecule has 2 fully saturated rings. The van der Waals surface area contributed by atoms with Crippen LogP contribution in [0.15, 0.2) is 18.2 Å². The second kappa shape index (κ2) is 5.16. The molecule has 0 spiro atoms. The molecular weight excluding hydrogens is 280 g/mol. The van der Waals surface area contributed by atoms with Crippen molar-refractivity contribution in [1.29, 1.82) is 0 Å². The topological polar surface area (TPSA) is 42.0 Å². The molecule has 5 nitrogen and oxygen atoms in total. The summed E-state index contributed by atoms with van der Waals surface area (Å²) in [6.45, 7) is 4.77. The largest absolute Gasteiger partial charge is 0.486 e. The Kier molecular flexibility index (Phi) is 3.26. The smallest absolute Gasteiger partial charge is 0.233 e. The lowest BCUT2D eigenvalue weighted by Crippen LogP contribution is -2.50. The number of nitrogens with zero attached hydrogens (tertiary/aromatic N) is 2. The molecule has 0 atom stereocenters. The van der Waals surface area contributed by atoms with E-state index in [-0.39, 0.29) is 11.3 Å². The fourth-order valence-electron chi connectivity index (χ4n) is 3.40. The summed E-state index contributed by atoms with van der Waals surface area (Å²) in [5.74, 6) is 1.86. The highest BCUT2D eigenvalue weighted by molar-refractivity contribution is 5.91. The summed E-state index contributed by atoms with van der Waals surface area (Å²) < 4.78 is 11.2. The van der Waals surface area contributed by atoms with Crippen molar-refractivity contribution >= 4 is 5.91 Å². The van der Waals surface area contributed by atoms with Crippen molar-refractivity contribution < 1.29 is 14.3 Å². The van der Waals surface area contributed by atoms with E-state index in [2.05, 4.69) is 11.9 Å². The van der Waals surface area contributed by atoms with Gasteiger partial charge in [0.2, 0.25) is 5.91 Å². The molecule has 0 radical (unpaired) electrons. The lowest BCUT2D eigenvalue weighted by Gasteiger charge is -2.35. The van der Waals surface area contributed by atoms with E-state index in [1.165, 1.54) is 0 Å². The van der Waals surface area contributed by atoms with Crippen LogP contribution >= 0.6 is 0 Å². The third-order valence-electron chi connectivity index (χ3n) is 5.04. The van der Waals surface area contributed by atoms with Gasteiger partial charge in [-0.1, -0.05) is 6.07 Å². The molecule has 1 aliphatic carbocycles. The summed E-state index contributed by atoms with van der Waals surface area (Å²) in [5, 5.41) is 0. The number of likely N-dealkylation sites (N-methyl/N-ethyl adjacent to an activating group) is 1. The molecule has 1 saturated heterocycles. The van der Waals surface area contributed by atoms with E-state index in [4.69, 9.17) is 9.47 Å². The van der Waals surface area contributed by atoms with Crippen LogP contribution < -0.4 is 9.47 Å². The van der Waals surface area contributed by atoms with Crippen LogP contribution in [0.25, 0.3) is 0 Å². The number of ether oxygens (including phenoxy) is 2. The Morgan fingerprint density at radius 3 is 2.41 bits per heavy atom. The summed E-state index contributed by atoms with van der Waals surface area (Å²) in [6, 6.07) is 5.99. The SMILES string of the molecule is CN1CCN(C(=O)C2(c3ccc4c(c3)OCCO4)CC2)CC1. The van der Waals surface area contributed by atoms with Gasteiger partial charge in [-0.05, 0) is 37.6 Å². The second-order valence-electron chi connectivity index (χ2n) is 6.54. The number of amides is 1. The molecule has 1 aromatic carbocycles. The third-order valence-corrected chi connectivity index (χ3v) is 5.04. The van der Waals surface area contributed by atoms with Crippen LogP contribution in [-0.2, 0) is 10.2 Å². The van der Waals surface area contributed by atoms with E-state index >= 15 is 0 Å². The van der Waals surface area contributed by atoms with Gasteiger partial charge in [0.1, 0.15) is 13.2 Å². The van der Waals surface area contributed by atoms with Crippen LogP contribution in [0.5, 0.6) is 11.5 Å². The number of hydrogen-bond donors (Lipinski definition) is 0. The van der Waals surface area contributed by atoms with E-state index in [9.17, 15) is 4.79 Å². The maximum atomic E-state index is 13.0. The van der Waals surface area contributed by atoms with Gasteiger partial charge in [0, 0.05) is 26.2 Å². The monoisotopic (exact) mass is 302 g/mol. The van der Waals surface area contributed by atoms with Gasteiger partial charge in [0.25, 0.3) is 0 Å². The second-order valence-corrected chi connectivity index (χ2v) is 6.54. The lowest BCUT2D eigenvalue weighted by molar-refractivity contribution is -0.135. The number of piperazine rings is 1. The molecule has 118 valence electrons. The van der Waals surface area contributed by atoms with Crippen LogP contribution in [0, 0.1) is 0 Å². The Bertz CT molecular complexity index is 590. The summed E-state index contributed by atoms with van der Waals surface area (Å²) in [6.07, 6.45) is 1.88. The summed E-state index contributed by atoms with van der Waals surface area (Å²) in [5.41, 5.74) is 0.770. The zero-order chi connectivity index (χ0) is 15.2. The van der Waals surface area contributed by atoms with E-state index < -0.39 is 0 Å². The molecule has 3 aliphatic rings. The van der Waals surface area contributed by atoms with Crippen molar-refractivity contribution in [3.63, 3.8) is 0 Å². The van der Waals surface area contributed by atoms with Crippen molar-refractivity contribution in [1.82, 2.24) is 9.80 Å². The van der Waals surface area contributed by atoms with Gasteiger partial charge in [0.05, 0.1) is 5.41 Å². The zero-order valence-corrected chi connectivity index (χ0v) is 13.0. The number of carbonyl (C=O) groups is 1. The first-order valence-corrected chi connectivity index (χ1v) is 8.07. The fraction of sp³-hybridized carbons (Fsp3) is 0.588. The first-order valence-electron chi connectivity index (χ1n) is 8.07. The molecule has 1 aromatic rings. The minimum Gasteiger partial charge on any atom is -0.486 e. The van der Waals surface area contributed by atoms with Crippen molar-refractivity contribution in [2.75, 3.05) is 46.4 Å². The van der Waals surface area contributed by atoms with Crippen LogP contribution in [0.2, 0.25) is 0 Å². The Morgan fingerprint density at radius 2 is 1.73 bits per heavy atom. The molecule has 0 aromatic heterocycles. The number of hydrogen-bond acceptors (Lipinski definition) is 4.